The van der Waals surface area contributed by atoms with Crippen LogP contribution in [0.25, 0.3) is 0 Å². The summed E-state index contributed by atoms with van der Waals surface area (Å²) in [7, 11) is 0. The molecule has 0 aromatic carbocycles. The summed E-state index contributed by atoms with van der Waals surface area (Å²) >= 11 is 5.95. The molecule has 1 fully saturated rings. The molecule has 2 unspecified atom stereocenters. The molecule has 4 heteroatoms. The normalized spacial score (nSPS) is 18.9. The van der Waals surface area contributed by atoms with Gasteiger partial charge >= 0.3 is 0 Å². The first kappa shape index (κ1) is 16.6. The van der Waals surface area contributed by atoms with Crippen molar-refractivity contribution in [2.75, 3.05) is 19.6 Å². The van der Waals surface area contributed by atoms with E-state index in [4.69, 9.17) is 11.6 Å². The monoisotopic (exact) mass is 310 g/mol. The van der Waals surface area contributed by atoms with Crippen molar-refractivity contribution in [1.29, 1.82) is 0 Å². The van der Waals surface area contributed by atoms with Crippen LogP contribution < -0.4 is 0 Å². The average Bonchev–Trinajstić information content (AvgIpc) is 3.01. The summed E-state index contributed by atoms with van der Waals surface area (Å²) in [5, 5.41) is -0.457. The molecule has 0 bridgehead atoms. The second-order valence-corrected chi connectivity index (χ2v) is 7.14. The molecule has 0 radical (unpaired) electrons. The molecule has 118 valence electrons. The van der Waals surface area contributed by atoms with Crippen LogP contribution in [0.2, 0.25) is 0 Å². The zero-order chi connectivity index (χ0) is 15.6. The fourth-order valence-electron chi connectivity index (χ4n) is 3.32. The van der Waals surface area contributed by atoms with Crippen LogP contribution in [0.1, 0.15) is 48.4 Å². The molecular formula is C17H27ClN2O. The van der Waals surface area contributed by atoms with Crippen molar-refractivity contribution in [2.45, 2.75) is 52.5 Å². The largest absolute Gasteiger partial charge is 0.348 e. The SMILES string of the molecule is Cc1cc(C(=O)C(C)Cl)c(C)n1CC(C)CN1CCCC1. The van der Waals surface area contributed by atoms with E-state index < -0.39 is 5.38 Å². The minimum Gasteiger partial charge on any atom is -0.348 e. The van der Waals surface area contributed by atoms with Gasteiger partial charge in [0.1, 0.15) is 0 Å². The summed E-state index contributed by atoms with van der Waals surface area (Å²) in [5.74, 6) is 0.618. The number of carbonyl (C=O) groups excluding carboxylic acids is 1. The van der Waals surface area contributed by atoms with Crippen LogP contribution in [0.4, 0.5) is 0 Å². The lowest BCUT2D eigenvalue weighted by molar-refractivity contribution is 0.0991. The summed E-state index contributed by atoms with van der Waals surface area (Å²) in [6.45, 7) is 12.7. The minimum absolute atomic E-state index is 0.0308. The highest BCUT2D eigenvalue weighted by molar-refractivity contribution is 6.33. The van der Waals surface area contributed by atoms with E-state index in [2.05, 4.69) is 23.3 Å². The Labute approximate surface area is 133 Å². The number of hydrogen-bond donors (Lipinski definition) is 0. The number of rotatable bonds is 6. The maximum Gasteiger partial charge on any atom is 0.182 e. The molecule has 0 amide bonds. The maximum absolute atomic E-state index is 12.1. The molecule has 0 saturated carbocycles. The molecule has 1 aliphatic rings. The van der Waals surface area contributed by atoms with Crippen LogP contribution in [-0.2, 0) is 6.54 Å². The van der Waals surface area contributed by atoms with Crippen molar-refractivity contribution >= 4 is 17.4 Å². The molecule has 0 spiro atoms. The fourth-order valence-corrected chi connectivity index (χ4v) is 3.44. The Kier molecular flexibility index (Phi) is 5.50. The molecule has 0 N–H and O–H groups in total. The summed E-state index contributed by atoms with van der Waals surface area (Å²) in [4.78, 5) is 14.7. The van der Waals surface area contributed by atoms with E-state index in [0.717, 1.165) is 30.0 Å². The Morgan fingerprint density at radius 1 is 1.24 bits per heavy atom. The Morgan fingerprint density at radius 3 is 2.43 bits per heavy atom. The lowest BCUT2D eigenvalue weighted by Gasteiger charge is -2.22. The van der Waals surface area contributed by atoms with Crippen LogP contribution >= 0.6 is 11.6 Å². The van der Waals surface area contributed by atoms with Crippen molar-refractivity contribution in [3.63, 3.8) is 0 Å². The van der Waals surface area contributed by atoms with Crippen LogP contribution in [-0.4, -0.2) is 40.3 Å². The lowest BCUT2D eigenvalue weighted by atomic mass is 10.1. The second-order valence-electron chi connectivity index (χ2n) is 6.49. The van der Waals surface area contributed by atoms with Gasteiger partial charge in [-0.3, -0.25) is 4.79 Å². The number of aryl methyl sites for hydroxylation is 1. The number of ketones is 1. The van der Waals surface area contributed by atoms with Gasteiger partial charge in [0, 0.05) is 30.0 Å². The third kappa shape index (κ3) is 3.89. The van der Waals surface area contributed by atoms with E-state index in [1.165, 1.54) is 25.9 Å². The van der Waals surface area contributed by atoms with Crippen molar-refractivity contribution in [1.82, 2.24) is 9.47 Å². The van der Waals surface area contributed by atoms with Crippen LogP contribution in [0.3, 0.4) is 0 Å². The summed E-state index contributed by atoms with van der Waals surface area (Å²) < 4.78 is 2.27. The van der Waals surface area contributed by atoms with Gasteiger partial charge in [0.25, 0.3) is 0 Å². The number of Topliss-reactive ketones (excluding diaryl/α,β-unsaturated/α-hetero) is 1. The molecule has 2 atom stereocenters. The van der Waals surface area contributed by atoms with Gasteiger partial charge in [0.2, 0.25) is 0 Å². The van der Waals surface area contributed by atoms with Gasteiger partial charge in [-0.25, -0.2) is 0 Å². The van der Waals surface area contributed by atoms with E-state index in [0.29, 0.717) is 5.92 Å². The standard InChI is InChI=1S/C17H27ClN2O/c1-12(10-19-7-5-6-8-19)11-20-13(2)9-16(15(20)4)17(21)14(3)18/h9,12,14H,5-8,10-11H2,1-4H3. The van der Waals surface area contributed by atoms with Gasteiger partial charge < -0.3 is 9.47 Å². The van der Waals surface area contributed by atoms with E-state index in [1.807, 2.05) is 13.0 Å². The van der Waals surface area contributed by atoms with E-state index in [1.54, 1.807) is 6.92 Å². The zero-order valence-electron chi connectivity index (χ0n) is 13.7. The van der Waals surface area contributed by atoms with Gasteiger partial charge in [-0.05, 0) is 58.7 Å². The highest BCUT2D eigenvalue weighted by atomic mass is 35.5. The molecule has 3 nitrogen and oxygen atoms in total. The smallest absolute Gasteiger partial charge is 0.182 e. The average molecular weight is 311 g/mol. The Bertz CT molecular complexity index is 501. The molecule has 1 aromatic heterocycles. The summed E-state index contributed by atoms with van der Waals surface area (Å²) in [6, 6.07) is 1.99. The summed E-state index contributed by atoms with van der Waals surface area (Å²) in [5.41, 5.74) is 2.99. The maximum atomic E-state index is 12.1. The quantitative estimate of drug-likeness (QED) is 0.592. The third-order valence-corrected chi connectivity index (χ3v) is 4.66. The van der Waals surface area contributed by atoms with Crippen molar-refractivity contribution in [3.8, 4) is 0 Å². The van der Waals surface area contributed by atoms with Gasteiger partial charge in [0.15, 0.2) is 5.78 Å². The van der Waals surface area contributed by atoms with Gasteiger partial charge in [-0.1, -0.05) is 6.92 Å². The van der Waals surface area contributed by atoms with E-state index >= 15 is 0 Å². The molecule has 1 aromatic rings. The fraction of sp³-hybridized carbons (Fsp3) is 0.706. The first-order chi connectivity index (χ1) is 9.90. The van der Waals surface area contributed by atoms with Gasteiger partial charge in [0.05, 0.1) is 5.38 Å². The van der Waals surface area contributed by atoms with Crippen LogP contribution in [0.15, 0.2) is 6.07 Å². The molecule has 1 aliphatic heterocycles. The molecule has 2 heterocycles. The zero-order valence-corrected chi connectivity index (χ0v) is 14.4. The molecular weight excluding hydrogens is 284 g/mol. The Morgan fingerprint density at radius 2 is 1.86 bits per heavy atom. The number of alkyl halides is 1. The second kappa shape index (κ2) is 6.97. The number of halogens is 1. The molecule has 2 rings (SSSR count). The van der Waals surface area contributed by atoms with Crippen LogP contribution in [0.5, 0.6) is 0 Å². The topological polar surface area (TPSA) is 25.2 Å². The number of hydrogen-bond acceptors (Lipinski definition) is 2. The highest BCUT2D eigenvalue weighted by Gasteiger charge is 2.21. The number of aromatic nitrogens is 1. The third-order valence-electron chi connectivity index (χ3n) is 4.46. The number of nitrogens with zero attached hydrogens (tertiary/aromatic N) is 2. The Balaban J connectivity index is 2.07. The highest BCUT2D eigenvalue weighted by Crippen LogP contribution is 2.21. The first-order valence-electron chi connectivity index (χ1n) is 7.97. The molecule has 1 saturated heterocycles. The predicted octanol–water partition coefficient (Wildman–Crippen LogP) is 3.65. The first-order valence-corrected chi connectivity index (χ1v) is 8.41. The predicted molar refractivity (Wildman–Crippen MR) is 88.4 cm³/mol. The van der Waals surface area contributed by atoms with Crippen LogP contribution in [0, 0.1) is 19.8 Å². The molecule has 0 aliphatic carbocycles. The number of likely N-dealkylation sites (tertiary alicyclic amines) is 1. The van der Waals surface area contributed by atoms with Gasteiger partial charge in [-0.2, -0.15) is 0 Å². The van der Waals surface area contributed by atoms with Gasteiger partial charge in [-0.15, -0.1) is 11.6 Å². The molecule has 21 heavy (non-hydrogen) atoms. The van der Waals surface area contributed by atoms with E-state index in [-0.39, 0.29) is 5.78 Å². The van der Waals surface area contributed by atoms with Crippen molar-refractivity contribution in [3.05, 3.63) is 23.0 Å². The van der Waals surface area contributed by atoms with Crippen molar-refractivity contribution < 1.29 is 4.79 Å². The minimum atomic E-state index is -0.457. The Hall–Kier alpha value is -0.800. The number of carbonyl (C=O) groups is 1. The van der Waals surface area contributed by atoms with Crippen molar-refractivity contribution in [2.24, 2.45) is 5.92 Å². The van der Waals surface area contributed by atoms with E-state index in [9.17, 15) is 4.79 Å². The summed E-state index contributed by atoms with van der Waals surface area (Å²) in [6.07, 6.45) is 2.67. The lowest BCUT2D eigenvalue weighted by Crippen LogP contribution is -2.28.